The van der Waals surface area contributed by atoms with Gasteiger partial charge in [-0.15, -0.1) is 0 Å². The van der Waals surface area contributed by atoms with Crippen molar-refractivity contribution in [1.29, 1.82) is 0 Å². The van der Waals surface area contributed by atoms with Crippen molar-refractivity contribution in [2.45, 2.75) is 44.8 Å². The number of likely N-dealkylation sites (tertiary alicyclic amines) is 2. The van der Waals surface area contributed by atoms with Crippen LogP contribution in [0.5, 0.6) is 0 Å². The minimum atomic E-state index is -4.80. The number of amidine groups is 1. The molecule has 0 aliphatic carbocycles. The van der Waals surface area contributed by atoms with Crippen LogP contribution in [0.3, 0.4) is 0 Å². The lowest BCUT2D eigenvalue weighted by Gasteiger charge is -2.35. The van der Waals surface area contributed by atoms with Crippen LogP contribution in [-0.2, 0) is 17.5 Å². The molecule has 5 rings (SSSR count). The summed E-state index contributed by atoms with van der Waals surface area (Å²) in [4.78, 5) is 25.6. The minimum absolute atomic E-state index is 0.0682. The monoisotopic (exact) mass is 638 g/mol. The Kier molecular flexibility index (Phi) is 9.95. The molecular weight excluding hydrogens is 600 g/mol. The largest absolute Gasteiger partial charge is 0.465 e. The second-order valence-electron chi connectivity index (χ2n) is 11.6. The second kappa shape index (κ2) is 13.9. The summed E-state index contributed by atoms with van der Waals surface area (Å²) in [6.45, 7) is 10.6. The maximum atomic E-state index is 14.0. The standard InChI is InChI=1S/C34H38F4N6O2/c1-4-40-31(39)30(23-6-8-25(9-7-23)33(45)46-3)22(2)43-16-12-24(13-17-43)32-41-29(21-44(32)19-18-42-14-5-15-42)26-10-11-28(35)27(20-26)34(36,37)38/h4,6-11,20-21,24H,1,5,12-19H2,2-3H3,(H2,39,40)/b30-22+. The predicted molar refractivity (Wildman–Crippen MR) is 169 cm³/mol. The van der Waals surface area contributed by atoms with Crippen molar-refractivity contribution in [2.75, 3.05) is 39.8 Å². The highest BCUT2D eigenvalue weighted by atomic mass is 19.4. The topological polar surface area (TPSA) is 89.0 Å². The highest BCUT2D eigenvalue weighted by Gasteiger charge is 2.35. The number of carbonyl (C=O) groups excluding carboxylic acids is 1. The number of carbonyl (C=O) groups is 1. The lowest BCUT2D eigenvalue weighted by molar-refractivity contribution is -0.139. The van der Waals surface area contributed by atoms with Gasteiger partial charge in [-0.2, -0.15) is 13.2 Å². The fraction of sp³-hybridized carbons (Fsp3) is 0.382. The van der Waals surface area contributed by atoms with Gasteiger partial charge in [0.05, 0.1) is 23.9 Å². The average molecular weight is 639 g/mol. The minimum Gasteiger partial charge on any atom is -0.465 e. The molecule has 2 aromatic carbocycles. The Hall–Kier alpha value is -4.45. The normalized spacial score (nSPS) is 17.0. The number of nitrogens with two attached hydrogens (primary N) is 1. The number of methoxy groups -OCH3 is 1. The van der Waals surface area contributed by atoms with Gasteiger partial charge in [0.25, 0.3) is 0 Å². The van der Waals surface area contributed by atoms with Crippen molar-refractivity contribution >= 4 is 17.4 Å². The van der Waals surface area contributed by atoms with E-state index in [-0.39, 0.29) is 11.5 Å². The number of nitrogens with zero attached hydrogens (tertiary/aromatic N) is 5. The van der Waals surface area contributed by atoms with Crippen LogP contribution in [0.4, 0.5) is 17.6 Å². The molecule has 2 N–H and O–H groups in total. The van der Waals surface area contributed by atoms with E-state index in [0.717, 1.165) is 73.7 Å². The maximum absolute atomic E-state index is 14.0. The molecule has 0 saturated carbocycles. The van der Waals surface area contributed by atoms with Gasteiger partial charge in [-0.05, 0) is 75.2 Å². The molecule has 3 heterocycles. The van der Waals surface area contributed by atoms with Crippen molar-refractivity contribution in [1.82, 2.24) is 19.4 Å². The van der Waals surface area contributed by atoms with Gasteiger partial charge in [-0.25, -0.2) is 19.2 Å². The van der Waals surface area contributed by atoms with Crippen LogP contribution in [0.1, 0.15) is 59.4 Å². The molecule has 2 saturated heterocycles. The zero-order valence-corrected chi connectivity index (χ0v) is 26.0. The van der Waals surface area contributed by atoms with E-state index in [1.807, 2.05) is 6.92 Å². The smallest absolute Gasteiger partial charge is 0.419 e. The van der Waals surface area contributed by atoms with Gasteiger partial charge in [0.2, 0.25) is 0 Å². The maximum Gasteiger partial charge on any atom is 0.419 e. The van der Waals surface area contributed by atoms with Crippen LogP contribution in [-0.4, -0.2) is 71.0 Å². The summed E-state index contributed by atoms with van der Waals surface area (Å²) >= 11 is 0. The van der Waals surface area contributed by atoms with Crippen LogP contribution in [0, 0.1) is 5.82 Å². The third-order valence-corrected chi connectivity index (χ3v) is 8.76. The number of aliphatic imine (C=N–C) groups is 1. The molecule has 2 aliphatic rings. The van der Waals surface area contributed by atoms with Gasteiger partial charge >= 0.3 is 12.1 Å². The number of rotatable bonds is 10. The van der Waals surface area contributed by atoms with Gasteiger partial charge in [0.15, 0.2) is 0 Å². The summed E-state index contributed by atoms with van der Waals surface area (Å²) in [6.07, 6.45) is 1.03. The number of aromatic nitrogens is 2. The molecule has 46 heavy (non-hydrogen) atoms. The molecule has 8 nitrogen and oxygen atoms in total. The number of benzene rings is 2. The first-order chi connectivity index (χ1) is 22.0. The zero-order chi connectivity index (χ0) is 33.0. The molecular formula is C34H38F4N6O2. The fourth-order valence-corrected chi connectivity index (χ4v) is 6.06. The SMILES string of the molecule is C=CN=C(N)/C(=C(\C)N1CCC(c2nc(-c3ccc(F)c(C(F)(F)F)c3)cn2CCN2CCC2)CC1)c1ccc(C(=O)OC)cc1. The van der Waals surface area contributed by atoms with E-state index in [0.29, 0.717) is 36.7 Å². The van der Waals surface area contributed by atoms with Crippen LogP contribution >= 0.6 is 0 Å². The molecule has 2 aliphatic heterocycles. The first-order valence-electron chi connectivity index (χ1n) is 15.3. The number of allylic oxidation sites excluding steroid dienone is 1. The summed E-state index contributed by atoms with van der Waals surface area (Å²) < 4.78 is 61.3. The lowest BCUT2D eigenvalue weighted by Crippen LogP contribution is -2.39. The van der Waals surface area contributed by atoms with Gasteiger partial charge in [-0.1, -0.05) is 18.7 Å². The summed E-state index contributed by atoms with van der Waals surface area (Å²) in [5, 5.41) is 0. The summed E-state index contributed by atoms with van der Waals surface area (Å²) in [5.41, 5.74) is 8.58. The molecule has 0 radical (unpaired) electrons. The van der Waals surface area contributed by atoms with E-state index < -0.39 is 23.5 Å². The molecule has 244 valence electrons. The Bertz CT molecular complexity index is 1630. The molecule has 0 amide bonds. The van der Waals surface area contributed by atoms with E-state index in [1.54, 1.807) is 30.5 Å². The lowest BCUT2D eigenvalue weighted by atomic mass is 9.94. The van der Waals surface area contributed by atoms with Gasteiger partial charge in [-0.3, -0.25) is 0 Å². The van der Waals surface area contributed by atoms with Gasteiger partial charge in [0.1, 0.15) is 17.5 Å². The first-order valence-corrected chi connectivity index (χ1v) is 15.3. The number of hydrogen-bond acceptors (Lipinski definition) is 6. The molecule has 1 aromatic heterocycles. The van der Waals surface area contributed by atoms with Crippen LogP contribution in [0.25, 0.3) is 16.8 Å². The number of alkyl halides is 3. The van der Waals surface area contributed by atoms with E-state index >= 15 is 0 Å². The Morgan fingerprint density at radius 3 is 2.35 bits per heavy atom. The summed E-state index contributed by atoms with van der Waals surface area (Å²) in [7, 11) is 1.33. The number of piperidine rings is 1. The second-order valence-corrected chi connectivity index (χ2v) is 11.6. The molecule has 2 fully saturated rings. The number of imidazole rings is 1. The highest BCUT2D eigenvalue weighted by Crippen LogP contribution is 2.36. The average Bonchev–Trinajstić information content (AvgIpc) is 3.44. The van der Waals surface area contributed by atoms with Crippen molar-refractivity contribution in [3.63, 3.8) is 0 Å². The highest BCUT2D eigenvalue weighted by molar-refractivity contribution is 6.22. The molecule has 3 aromatic rings. The molecule has 0 bridgehead atoms. The van der Waals surface area contributed by atoms with E-state index in [2.05, 4.69) is 25.9 Å². The Balaban J connectivity index is 1.41. The molecule has 0 unspecified atom stereocenters. The Labute approximate surface area is 265 Å². The van der Waals surface area contributed by atoms with Crippen LogP contribution in [0.2, 0.25) is 0 Å². The van der Waals surface area contributed by atoms with E-state index in [1.165, 1.54) is 19.4 Å². The van der Waals surface area contributed by atoms with E-state index in [9.17, 15) is 22.4 Å². The van der Waals surface area contributed by atoms with Crippen molar-refractivity contribution in [2.24, 2.45) is 10.7 Å². The van der Waals surface area contributed by atoms with Crippen molar-refractivity contribution in [3.05, 3.63) is 95.5 Å². The first kappa shape index (κ1) is 32.9. The summed E-state index contributed by atoms with van der Waals surface area (Å²) in [5.74, 6) is -0.554. The van der Waals surface area contributed by atoms with Crippen molar-refractivity contribution in [3.8, 4) is 11.3 Å². The third-order valence-electron chi connectivity index (χ3n) is 8.76. The number of halogens is 4. The van der Waals surface area contributed by atoms with E-state index in [4.69, 9.17) is 15.5 Å². The van der Waals surface area contributed by atoms with Crippen LogP contribution in [0.15, 0.2) is 72.1 Å². The fourth-order valence-electron chi connectivity index (χ4n) is 6.06. The number of hydrogen-bond donors (Lipinski definition) is 1. The third kappa shape index (κ3) is 7.17. The Morgan fingerprint density at radius 2 is 1.76 bits per heavy atom. The molecule has 0 spiro atoms. The number of ether oxygens (including phenoxy) is 1. The zero-order valence-electron chi connectivity index (χ0n) is 26.0. The molecule has 0 atom stereocenters. The predicted octanol–water partition coefficient (Wildman–Crippen LogP) is 6.31. The van der Waals surface area contributed by atoms with Gasteiger partial charge in [0, 0.05) is 61.3 Å². The summed E-state index contributed by atoms with van der Waals surface area (Å²) in [6, 6.07) is 10.0. The Morgan fingerprint density at radius 1 is 1.09 bits per heavy atom. The molecule has 12 heteroatoms. The number of esters is 1. The quantitative estimate of drug-likeness (QED) is 0.121. The van der Waals surface area contributed by atoms with Gasteiger partial charge < -0.3 is 24.8 Å². The van der Waals surface area contributed by atoms with Crippen LogP contribution < -0.4 is 5.73 Å². The van der Waals surface area contributed by atoms with Crippen molar-refractivity contribution < 1.29 is 27.1 Å².